The lowest BCUT2D eigenvalue weighted by molar-refractivity contribution is 0.0872. The van der Waals surface area contributed by atoms with Gasteiger partial charge in [0.15, 0.2) is 0 Å². The second kappa shape index (κ2) is 6.35. The number of ether oxygens (including phenoxy) is 1. The van der Waals surface area contributed by atoms with Crippen LogP contribution in [0.15, 0.2) is 18.2 Å². The van der Waals surface area contributed by atoms with Gasteiger partial charge in [0.05, 0.1) is 6.10 Å². The molecule has 0 saturated carbocycles. The van der Waals surface area contributed by atoms with E-state index in [4.69, 9.17) is 4.74 Å². The number of rotatable bonds is 5. The van der Waals surface area contributed by atoms with Gasteiger partial charge in [0, 0.05) is 19.7 Å². The summed E-state index contributed by atoms with van der Waals surface area (Å²) in [7, 11) is 0. The van der Waals surface area contributed by atoms with E-state index in [1.807, 2.05) is 0 Å². The number of hydrogen-bond donors (Lipinski definition) is 1. The average molecular weight is 247 g/mol. The van der Waals surface area contributed by atoms with Gasteiger partial charge in [0.1, 0.15) is 0 Å². The molecule has 0 radical (unpaired) electrons. The average Bonchev–Trinajstić information content (AvgIpc) is 2.82. The summed E-state index contributed by atoms with van der Waals surface area (Å²) in [5, 5.41) is 3.60. The van der Waals surface area contributed by atoms with Gasteiger partial charge in [-0.2, -0.15) is 0 Å². The van der Waals surface area contributed by atoms with Crippen molar-refractivity contribution in [1.29, 1.82) is 0 Å². The van der Waals surface area contributed by atoms with Crippen molar-refractivity contribution in [3.05, 3.63) is 34.9 Å². The Bertz CT molecular complexity index is 389. The summed E-state index contributed by atoms with van der Waals surface area (Å²) in [5.74, 6) is 0.695. The van der Waals surface area contributed by atoms with Gasteiger partial charge in [-0.15, -0.1) is 0 Å². The third-order valence-corrected chi connectivity index (χ3v) is 4.19. The van der Waals surface area contributed by atoms with Gasteiger partial charge in [-0.25, -0.2) is 0 Å². The fraction of sp³-hybridized carbons (Fsp3) is 0.625. The Morgan fingerprint density at radius 3 is 2.94 bits per heavy atom. The third-order valence-electron chi connectivity index (χ3n) is 4.19. The zero-order chi connectivity index (χ0) is 13.0. The van der Waals surface area contributed by atoms with Crippen molar-refractivity contribution in [3.63, 3.8) is 0 Å². The number of benzene rings is 1. The molecular weight excluding hydrogens is 222 g/mol. The Labute approximate surface area is 111 Å². The molecule has 2 unspecified atom stereocenters. The molecule has 2 atom stereocenters. The van der Waals surface area contributed by atoms with Gasteiger partial charge in [-0.1, -0.05) is 25.1 Å². The predicted molar refractivity (Wildman–Crippen MR) is 75.8 cm³/mol. The van der Waals surface area contributed by atoms with Crippen molar-refractivity contribution < 1.29 is 4.74 Å². The van der Waals surface area contributed by atoms with Crippen molar-refractivity contribution in [3.8, 4) is 0 Å². The summed E-state index contributed by atoms with van der Waals surface area (Å²) in [4.78, 5) is 0. The molecule has 1 aliphatic heterocycles. The molecule has 0 aromatic heterocycles. The lowest BCUT2D eigenvalue weighted by atomic mass is 9.99. The highest BCUT2D eigenvalue weighted by molar-refractivity contribution is 5.32. The van der Waals surface area contributed by atoms with E-state index in [2.05, 4.69) is 44.3 Å². The van der Waals surface area contributed by atoms with Crippen LogP contribution in [-0.2, 0) is 11.3 Å². The Morgan fingerprint density at radius 2 is 2.17 bits per heavy atom. The summed E-state index contributed by atoms with van der Waals surface area (Å²) in [6.45, 7) is 9.59. The minimum atomic E-state index is 0.469. The van der Waals surface area contributed by atoms with Gasteiger partial charge in [0.2, 0.25) is 0 Å². The molecule has 1 aromatic rings. The smallest absolute Gasteiger partial charge is 0.0613 e. The molecule has 0 spiro atoms. The summed E-state index contributed by atoms with van der Waals surface area (Å²) < 4.78 is 5.72. The Kier molecular flexibility index (Phi) is 4.79. The maximum atomic E-state index is 5.72. The minimum absolute atomic E-state index is 0.469. The molecule has 0 bridgehead atoms. The lowest BCUT2D eigenvalue weighted by Gasteiger charge is -2.18. The summed E-state index contributed by atoms with van der Waals surface area (Å²) in [6, 6.07) is 6.54. The SMILES string of the molecule is CCC1OCCC1CNCc1cccc(C)c1C. The van der Waals surface area contributed by atoms with Crippen LogP contribution in [0.5, 0.6) is 0 Å². The van der Waals surface area contributed by atoms with Crippen LogP contribution in [0, 0.1) is 19.8 Å². The zero-order valence-electron chi connectivity index (χ0n) is 11.8. The van der Waals surface area contributed by atoms with Gasteiger partial charge in [-0.3, -0.25) is 0 Å². The largest absolute Gasteiger partial charge is 0.378 e. The highest BCUT2D eigenvalue weighted by atomic mass is 16.5. The Hall–Kier alpha value is -0.860. The molecular formula is C16H25NO. The quantitative estimate of drug-likeness (QED) is 0.862. The van der Waals surface area contributed by atoms with Crippen molar-refractivity contribution in [2.45, 2.75) is 46.3 Å². The first-order valence-corrected chi connectivity index (χ1v) is 7.09. The summed E-state index contributed by atoms with van der Waals surface area (Å²) in [6.07, 6.45) is 2.81. The monoisotopic (exact) mass is 247 g/mol. The van der Waals surface area contributed by atoms with Crippen LogP contribution in [0.3, 0.4) is 0 Å². The van der Waals surface area contributed by atoms with Crippen molar-refractivity contribution >= 4 is 0 Å². The van der Waals surface area contributed by atoms with Crippen LogP contribution in [0.25, 0.3) is 0 Å². The Balaban J connectivity index is 1.83. The second-order valence-electron chi connectivity index (χ2n) is 5.36. The molecule has 18 heavy (non-hydrogen) atoms. The van der Waals surface area contributed by atoms with E-state index in [-0.39, 0.29) is 0 Å². The first kappa shape index (κ1) is 13.6. The minimum Gasteiger partial charge on any atom is -0.378 e. The summed E-state index contributed by atoms with van der Waals surface area (Å²) >= 11 is 0. The van der Waals surface area contributed by atoms with E-state index >= 15 is 0 Å². The second-order valence-corrected chi connectivity index (χ2v) is 5.36. The van der Waals surface area contributed by atoms with E-state index in [9.17, 15) is 0 Å². The Morgan fingerprint density at radius 1 is 1.33 bits per heavy atom. The standard InChI is InChI=1S/C16H25NO/c1-4-16-15(8-9-18-16)11-17-10-14-7-5-6-12(2)13(14)3/h5-7,15-17H,4,8-11H2,1-3H3. The summed E-state index contributed by atoms with van der Waals surface area (Å²) in [5.41, 5.74) is 4.21. The van der Waals surface area contributed by atoms with E-state index in [0.29, 0.717) is 12.0 Å². The van der Waals surface area contributed by atoms with Crippen LogP contribution < -0.4 is 5.32 Å². The zero-order valence-corrected chi connectivity index (χ0v) is 11.8. The fourth-order valence-electron chi connectivity index (χ4n) is 2.77. The molecule has 1 aromatic carbocycles. The van der Waals surface area contributed by atoms with Crippen LogP contribution in [0.1, 0.15) is 36.5 Å². The number of nitrogens with one attached hydrogen (secondary N) is 1. The van der Waals surface area contributed by atoms with Crippen LogP contribution in [0.4, 0.5) is 0 Å². The topological polar surface area (TPSA) is 21.3 Å². The van der Waals surface area contributed by atoms with Gasteiger partial charge in [-0.05, 0) is 49.3 Å². The van der Waals surface area contributed by atoms with Crippen LogP contribution in [0.2, 0.25) is 0 Å². The first-order valence-electron chi connectivity index (χ1n) is 7.09. The predicted octanol–water partition coefficient (Wildman–Crippen LogP) is 3.21. The third kappa shape index (κ3) is 3.12. The molecule has 1 N–H and O–H groups in total. The van der Waals surface area contributed by atoms with Crippen LogP contribution >= 0.6 is 0 Å². The van der Waals surface area contributed by atoms with E-state index in [0.717, 1.165) is 26.1 Å². The van der Waals surface area contributed by atoms with Crippen LogP contribution in [-0.4, -0.2) is 19.3 Å². The molecule has 0 aliphatic carbocycles. The highest BCUT2D eigenvalue weighted by Gasteiger charge is 2.25. The van der Waals surface area contributed by atoms with Crippen molar-refractivity contribution in [1.82, 2.24) is 5.32 Å². The normalized spacial score (nSPS) is 23.5. The van der Waals surface area contributed by atoms with Crippen molar-refractivity contribution in [2.24, 2.45) is 5.92 Å². The first-order chi connectivity index (χ1) is 8.72. The van der Waals surface area contributed by atoms with Gasteiger partial charge in [0.25, 0.3) is 0 Å². The molecule has 1 saturated heterocycles. The molecule has 100 valence electrons. The maximum Gasteiger partial charge on any atom is 0.0613 e. The number of aryl methyl sites for hydroxylation is 1. The highest BCUT2D eigenvalue weighted by Crippen LogP contribution is 2.22. The molecule has 2 heteroatoms. The van der Waals surface area contributed by atoms with Gasteiger partial charge < -0.3 is 10.1 Å². The van der Waals surface area contributed by atoms with Gasteiger partial charge >= 0.3 is 0 Å². The number of hydrogen-bond acceptors (Lipinski definition) is 2. The molecule has 2 nitrogen and oxygen atoms in total. The molecule has 1 aliphatic rings. The molecule has 1 heterocycles. The maximum absolute atomic E-state index is 5.72. The fourth-order valence-corrected chi connectivity index (χ4v) is 2.77. The molecule has 1 fully saturated rings. The van der Waals surface area contributed by atoms with E-state index < -0.39 is 0 Å². The molecule has 0 amide bonds. The lowest BCUT2D eigenvalue weighted by Crippen LogP contribution is -2.28. The van der Waals surface area contributed by atoms with Crippen molar-refractivity contribution in [2.75, 3.05) is 13.2 Å². The van der Waals surface area contributed by atoms with E-state index in [1.165, 1.54) is 23.1 Å². The van der Waals surface area contributed by atoms with E-state index in [1.54, 1.807) is 0 Å². The molecule has 2 rings (SSSR count).